The van der Waals surface area contributed by atoms with Crippen molar-refractivity contribution < 1.29 is 8.98 Å². The first-order valence-corrected chi connectivity index (χ1v) is 7.91. The van der Waals surface area contributed by atoms with E-state index in [-0.39, 0.29) is 0 Å². The summed E-state index contributed by atoms with van der Waals surface area (Å²) in [4.78, 5) is 0. The molecule has 0 aliphatic rings. The van der Waals surface area contributed by atoms with E-state index < -0.39 is 0 Å². The van der Waals surface area contributed by atoms with E-state index in [4.69, 9.17) is 9.68 Å². The number of aryl methyl sites for hydroxylation is 3. The molecule has 24 heavy (non-hydrogen) atoms. The maximum Gasteiger partial charge on any atom is 0.212 e. The molecule has 3 nitrogen and oxygen atoms in total. The van der Waals surface area contributed by atoms with Crippen LogP contribution in [0.4, 0.5) is 0 Å². The Morgan fingerprint density at radius 2 is 1.88 bits per heavy atom. The Morgan fingerprint density at radius 1 is 1.04 bits per heavy atom. The number of hydrogen-bond acceptors (Lipinski definition) is 2. The summed E-state index contributed by atoms with van der Waals surface area (Å²) in [6.45, 7) is 4.23. The molecule has 0 radical (unpaired) electrons. The van der Waals surface area contributed by atoms with E-state index in [1.54, 1.807) is 6.07 Å². The summed E-state index contributed by atoms with van der Waals surface area (Å²) in [5.41, 5.74) is 7.05. The Hall–Kier alpha value is -3.12. The fraction of sp³-hybridized carbons (Fsp3) is 0.143. The second-order valence-electron chi connectivity index (χ2n) is 6.19. The lowest BCUT2D eigenvalue weighted by atomic mass is 9.95. The Kier molecular flexibility index (Phi) is 3.14. The van der Waals surface area contributed by atoms with Gasteiger partial charge in [0.1, 0.15) is 18.2 Å². The fourth-order valence-electron chi connectivity index (χ4n) is 3.48. The van der Waals surface area contributed by atoms with Crippen molar-refractivity contribution in [2.24, 2.45) is 7.05 Å². The summed E-state index contributed by atoms with van der Waals surface area (Å²) in [5, 5.41) is 11.2. The number of nitrogens with zero attached hydrogens (tertiary/aromatic N) is 2. The van der Waals surface area contributed by atoms with E-state index in [9.17, 15) is 0 Å². The molecule has 0 saturated carbocycles. The van der Waals surface area contributed by atoms with Crippen molar-refractivity contribution in [2.45, 2.75) is 13.8 Å². The van der Waals surface area contributed by atoms with Gasteiger partial charge in [0.15, 0.2) is 6.20 Å². The smallest absolute Gasteiger partial charge is 0.212 e. The van der Waals surface area contributed by atoms with Crippen LogP contribution in [0.2, 0.25) is 0 Å². The average Bonchev–Trinajstić information content (AvgIpc) is 2.94. The molecular formula is C21H17N2O+. The summed E-state index contributed by atoms with van der Waals surface area (Å²) in [5.74, 6) is 0. The number of benzene rings is 2. The third-order valence-electron chi connectivity index (χ3n) is 4.64. The van der Waals surface area contributed by atoms with Crippen LogP contribution in [0, 0.1) is 25.2 Å². The maximum absolute atomic E-state index is 9.16. The highest BCUT2D eigenvalue weighted by Crippen LogP contribution is 2.37. The molecule has 2 aromatic carbocycles. The Morgan fingerprint density at radius 3 is 2.62 bits per heavy atom. The van der Waals surface area contributed by atoms with Gasteiger partial charge in [-0.1, -0.05) is 0 Å². The van der Waals surface area contributed by atoms with Crippen molar-refractivity contribution in [1.29, 1.82) is 5.26 Å². The van der Waals surface area contributed by atoms with Gasteiger partial charge in [-0.2, -0.15) is 5.26 Å². The second kappa shape index (κ2) is 5.21. The lowest BCUT2D eigenvalue weighted by molar-refractivity contribution is -0.660. The van der Waals surface area contributed by atoms with E-state index in [1.165, 1.54) is 11.1 Å². The van der Waals surface area contributed by atoms with Gasteiger partial charge in [0.25, 0.3) is 0 Å². The molecule has 0 spiro atoms. The number of fused-ring (bicyclic) bond motifs is 3. The third kappa shape index (κ3) is 2.00. The molecule has 4 aromatic rings. The van der Waals surface area contributed by atoms with Crippen molar-refractivity contribution in [1.82, 2.24) is 0 Å². The quantitative estimate of drug-likeness (QED) is 0.483. The fourth-order valence-corrected chi connectivity index (χ4v) is 3.48. The van der Waals surface area contributed by atoms with E-state index in [1.807, 2.05) is 18.2 Å². The first-order valence-electron chi connectivity index (χ1n) is 7.91. The molecule has 0 atom stereocenters. The molecule has 4 rings (SSSR count). The number of hydrogen-bond donors (Lipinski definition) is 0. The van der Waals surface area contributed by atoms with Gasteiger partial charge in [0, 0.05) is 28.5 Å². The van der Waals surface area contributed by atoms with Gasteiger partial charge in [0.2, 0.25) is 5.69 Å². The van der Waals surface area contributed by atoms with Crippen LogP contribution in [-0.2, 0) is 7.05 Å². The molecule has 2 heterocycles. The molecule has 0 aliphatic carbocycles. The number of rotatable bonds is 1. The Balaban J connectivity index is 2.11. The van der Waals surface area contributed by atoms with Crippen LogP contribution < -0.4 is 4.57 Å². The highest BCUT2D eigenvalue weighted by molar-refractivity contribution is 6.08. The zero-order valence-corrected chi connectivity index (χ0v) is 13.9. The molecule has 0 unspecified atom stereocenters. The van der Waals surface area contributed by atoms with Crippen molar-refractivity contribution >= 4 is 21.9 Å². The lowest BCUT2D eigenvalue weighted by Crippen LogP contribution is -2.30. The Bertz CT molecular complexity index is 1150. The maximum atomic E-state index is 9.16. The van der Waals surface area contributed by atoms with E-state index in [0.29, 0.717) is 5.56 Å². The van der Waals surface area contributed by atoms with Gasteiger partial charge in [-0.3, -0.25) is 0 Å². The van der Waals surface area contributed by atoms with Gasteiger partial charge in [-0.15, -0.1) is 0 Å². The van der Waals surface area contributed by atoms with Crippen molar-refractivity contribution in [3.63, 3.8) is 0 Å². The minimum Gasteiger partial charge on any atom is -0.456 e. The standard InChI is InChI=1S/C21H17N2O/c1-13-10-17-16-11-15(12-22)7-8-19(16)24-21(17)14(2)20(13)18-6-4-5-9-23(18)3/h4-11H,1-3H3/q+1. The van der Waals surface area contributed by atoms with Crippen LogP contribution >= 0.6 is 0 Å². The minimum absolute atomic E-state index is 0.652. The summed E-state index contributed by atoms with van der Waals surface area (Å²) in [6, 6.07) is 16.1. The van der Waals surface area contributed by atoms with Gasteiger partial charge in [-0.05, 0) is 49.7 Å². The van der Waals surface area contributed by atoms with Crippen LogP contribution in [0.5, 0.6) is 0 Å². The zero-order valence-electron chi connectivity index (χ0n) is 13.9. The van der Waals surface area contributed by atoms with Crippen molar-refractivity contribution in [3.05, 3.63) is 65.4 Å². The molecular weight excluding hydrogens is 296 g/mol. The van der Waals surface area contributed by atoms with Crippen LogP contribution in [0.3, 0.4) is 0 Å². The molecule has 0 aliphatic heterocycles. The molecule has 0 fully saturated rings. The lowest BCUT2D eigenvalue weighted by Gasteiger charge is -2.08. The number of nitriles is 1. The van der Waals surface area contributed by atoms with E-state index >= 15 is 0 Å². The summed E-state index contributed by atoms with van der Waals surface area (Å²) in [7, 11) is 2.05. The zero-order chi connectivity index (χ0) is 16.8. The largest absolute Gasteiger partial charge is 0.456 e. The highest BCUT2D eigenvalue weighted by Gasteiger charge is 2.20. The number of aromatic nitrogens is 1. The predicted octanol–water partition coefficient (Wildman–Crippen LogP) is 4.57. The third-order valence-corrected chi connectivity index (χ3v) is 4.64. The minimum atomic E-state index is 0.652. The van der Waals surface area contributed by atoms with E-state index in [2.05, 4.69) is 55.9 Å². The van der Waals surface area contributed by atoms with Gasteiger partial charge in [0.05, 0.1) is 17.2 Å². The summed E-state index contributed by atoms with van der Waals surface area (Å²) < 4.78 is 8.24. The topological polar surface area (TPSA) is 40.8 Å². The molecule has 0 amide bonds. The molecule has 2 aromatic heterocycles. The van der Waals surface area contributed by atoms with Crippen molar-refractivity contribution in [2.75, 3.05) is 0 Å². The first-order chi connectivity index (χ1) is 11.6. The second-order valence-corrected chi connectivity index (χ2v) is 6.19. The van der Waals surface area contributed by atoms with Gasteiger partial charge >= 0.3 is 0 Å². The summed E-state index contributed by atoms with van der Waals surface area (Å²) in [6.07, 6.45) is 2.05. The van der Waals surface area contributed by atoms with Crippen LogP contribution in [0.25, 0.3) is 33.2 Å². The molecule has 116 valence electrons. The van der Waals surface area contributed by atoms with Gasteiger partial charge in [-0.25, -0.2) is 4.57 Å². The highest BCUT2D eigenvalue weighted by atomic mass is 16.3. The first kappa shape index (κ1) is 14.5. The molecule has 0 bridgehead atoms. The average molecular weight is 313 g/mol. The van der Waals surface area contributed by atoms with E-state index in [0.717, 1.165) is 33.2 Å². The molecule has 3 heteroatoms. The van der Waals surface area contributed by atoms with Crippen LogP contribution in [0.1, 0.15) is 16.7 Å². The number of pyridine rings is 1. The normalized spacial score (nSPS) is 11.1. The predicted molar refractivity (Wildman–Crippen MR) is 94.5 cm³/mol. The van der Waals surface area contributed by atoms with Crippen LogP contribution in [0.15, 0.2) is 53.1 Å². The number of furan rings is 1. The Labute approximate surface area is 140 Å². The van der Waals surface area contributed by atoms with Crippen molar-refractivity contribution in [3.8, 4) is 17.3 Å². The summed E-state index contributed by atoms with van der Waals surface area (Å²) >= 11 is 0. The SMILES string of the molecule is Cc1cc2c(oc3ccc(C#N)cc32)c(C)c1-c1cccc[n+]1C. The molecule has 0 N–H and O–H groups in total. The molecule has 0 saturated heterocycles. The van der Waals surface area contributed by atoms with Gasteiger partial charge < -0.3 is 4.42 Å². The van der Waals surface area contributed by atoms with Crippen LogP contribution in [-0.4, -0.2) is 0 Å². The monoisotopic (exact) mass is 313 g/mol.